The monoisotopic (exact) mass is 376 g/mol. The lowest BCUT2D eigenvalue weighted by Gasteiger charge is -2.23. The van der Waals surface area contributed by atoms with E-state index >= 15 is 0 Å². The Kier molecular flexibility index (Phi) is 5.11. The van der Waals surface area contributed by atoms with Crippen LogP contribution in [0.15, 0.2) is 48.5 Å². The van der Waals surface area contributed by atoms with Gasteiger partial charge < -0.3 is 5.32 Å². The van der Waals surface area contributed by atoms with Crippen LogP contribution in [-0.4, -0.2) is 26.6 Å². The van der Waals surface area contributed by atoms with E-state index in [-0.39, 0.29) is 12.0 Å². The number of rotatable bonds is 5. The number of fused-ring (bicyclic) bond motifs is 1. The Hall–Kier alpha value is -2.25. The molecular weight excluding hydrogens is 355 g/mol. The summed E-state index contributed by atoms with van der Waals surface area (Å²) in [5.74, 6) is -0.777. The molecule has 0 bridgehead atoms. The molecule has 26 heavy (non-hydrogen) atoms. The second kappa shape index (κ2) is 7.17. The van der Waals surface area contributed by atoms with Gasteiger partial charge in [-0.3, -0.25) is 4.79 Å². The lowest BCUT2D eigenvalue weighted by molar-refractivity contribution is -0.123. The fourth-order valence-corrected chi connectivity index (χ4v) is 4.05. The minimum Gasteiger partial charge on any atom is -0.351 e. The molecule has 1 amide bonds. The van der Waals surface area contributed by atoms with Crippen LogP contribution in [-0.2, 0) is 21.2 Å². The van der Waals surface area contributed by atoms with E-state index in [1.807, 2.05) is 31.2 Å². The van der Waals surface area contributed by atoms with Crippen molar-refractivity contribution in [3.8, 4) is 0 Å². The van der Waals surface area contributed by atoms with Crippen molar-refractivity contribution in [2.45, 2.75) is 31.3 Å². The molecule has 2 aromatic rings. The van der Waals surface area contributed by atoms with Gasteiger partial charge in [0, 0.05) is 12.0 Å². The minimum absolute atomic E-state index is 0.121. The highest BCUT2D eigenvalue weighted by Gasteiger charge is 2.33. The maximum Gasteiger partial charge on any atom is 0.242 e. The third-order valence-corrected chi connectivity index (χ3v) is 5.38. The molecule has 0 radical (unpaired) electrons. The predicted octanol–water partition coefficient (Wildman–Crippen LogP) is 2.26. The fourth-order valence-electron chi connectivity index (χ4n) is 3.38. The first-order valence-corrected chi connectivity index (χ1v) is 10.2. The summed E-state index contributed by atoms with van der Waals surface area (Å²) in [5, 5.41) is 2.95. The molecule has 0 fully saturated rings. The van der Waals surface area contributed by atoms with Crippen LogP contribution in [0.1, 0.15) is 35.6 Å². The number of amides is 1. The van der Waals surface area contributed by atoms with Gasteiger partial charge in [-0.05, 0) is 35.2 Å². The van der Waals surface area contributed by atoms with E-state index in [9.17, 15) is 17.6 Å². The molecule has 1 aliphatic carbocycles. The summed E-state index contributed by atoms with van der Waals surface area (Å²) >= 11 is 0. The van der Waals surface area contributed by atoms with E-state index < -0.39 is 27.8 Å². The summed E-state index contributed by atoms with van der Waals surface area (Å²) in [6.45, 7) is 2.04. The van der Waals surface area contributed by atoms with Gasteiger partial charge in [-0.2, -0.15) is 4.72 Å². The molecule has 0 aliphatic heterocycles. The molecule has 7 heteroatoms. The number of hydrogen-bond donors (Lipinski definition) is 2. The van der Waals surface area contributed by atoms with Crippen molar-refractivity contribution in [1.29, 1.82) is 0 Å². The smallest absolute Gasteiger partial charge is 0.242 e. The topological polar surface area (TPSA) is 75.3 Å². The molecule has 0 heterocycles. The quantitative estimate of drug-likeness (QED) is 0.841. The van der Waals surface area contributed by atoms with Crippen molar-refractivity contribution in [2.75, 3.05) is 6.26 Å². The Balaban J connectivity index is 1.81. The van der Waals surface area contributed by atoms with Gasteiger partial charge in [0.25, 0.3) is 0 Å². The minimum atomic E-state index is -3.63. The average Bonchev–Trinajstić information content (AvgIpc) is 2.89. The van der Waals surface area contributed by atoms with Crippen molar-refractivity contribution in [3.05, 3.63) is 71.0 Å². The number of halogens is 1. The Morgan fingerprint density at radius 2 is 1.81 bits per heavy atom. The summed E-state index contributed by atoms with van der Waals surface area (Å²) in [6, 6.07) is 12.0. The van der Waals surface area contributed by atoms with Crippen molar-refractivity contribution >= 4 is 15.9 Å². The highest BCUT2D eigenvalue weighted by atomic mass is 32.2. The van der Waals surface area contributed by atoms with Crippen molar-refractivity contribution in [1.82, 2.24) is 10.0 Å². The average molecular weight is 376 g/mol. The van der Waals surface area contributed by atoms with Crippen LogP contribution in [0.5, 0.6) is 0 Å². The maximum absolute atomic E-state index is 13.2. The molecule has 3 rings (SSSR count). The number of nitrogens with one attached hydrogen (secondary N) is 2. The zero-order valence-corrected chi connectivity index (χ0v) is 15.4. The first-order valence-electron chi connectivity index (χ1n) is 8.35. The van der Waals surface area contributed by atoms with Crippen LogP contribution < -0.4 is 10.0 Å². The van der Waals surface area contributed by atoms with E-state index in [1.54, 1.807) is 0 Å². The van der Waals surface area contributed by atoms with Gasteiger partial charge in [0.05, 0.1) is 6.26 Å². The molecule has 3 atom stereocenters. The van der Waals surface area contributed by atoms with E-state index in [0.29, 0.717) is 12.0 Å². The molecule has 5 nitrogen and oxygen atoms in total. The fraction of sp³-hybridized carbons (Fsp3) is 0.316. The van der Waals surface area contributed by atoms with Crippen LogP contribution in [0, 0.1) is 5.82 Å². The lowest BCUT2D eigenvalue weighted by atomic mass is 10.00. The van der Waals surface area contributed by atoms with Crippen molar-refractivity contribution < 1.29 is 17.6 Å². The van der Waals surface area contributed by atoms with Gasteiger partial charge in [0.15, 0.2) is 0 Å². The highest BCUT2D eigenvalue weighted by Crippen LogP contribution is 2.33. The third-order valence-electron chi connectivity index (χ3n) is 4.71. The Labute approximate surface area is 152 Å². The molecule has 1 aliphatic rings. The zero-order valence-electron chi connectivity index (χ0n) is 14.6. The Morgan fingerprint density at radius 1 is 1.15 bits per heavy atom. The summed E-state index contributed by atoms with van der Waals surface area (Å²) in [4.78, 5) is 12.8. The van der Waals surface area contributed by atoms with E-state index in [2.05, 4.69) is 10.0 Å². The van der Waals surface area contributed by atoms with Crippen LogP contribution in [0.2, 0.25) is 0 Å². The lowest BCUT2D eigenvalue weighted by Crippen LogP contribution is -2.45. The van der Waals surface area contributed by atoms with Crippen LogP contribution in [0.25, 0.3) is 0 Å². The molecule has 0 spiro atoms. The standard InChI is InChI=1S/C19H21FN2O3S/c1-12-16-6-4-3-5-14(16)11-17(12)21-19(23)18(22-26(2,24)25)13-7-9-15(20)10-8-13/h3-10,12,17-18,22H,11H2,1-2H3,(H,21,23)/t12?,17?,18-/m0/s1. The first-order chi connectivity index (χ1) is 12.2. The summed E-state index contributed by atoms with van der Waals surface area (Å²) < 4.78 is 38.9. The normalized spacial score (nSPS) is 20.4. The SMILES string of the molecule is CC1c2ccccc2CC1NC(=O)[C@@H](NS(C)(=O)=O)c1ccc(F)cc1. The molecule has 138 valence electrons. The molecular formula is C19H21FN2O3S. The summed E-state index contributed by atoms with van der Waals surface area (Å²) in [7, 11) is -3.63. The molecule has 2 aromatic carbocycles. The Bertz CT molecular complexity index is 913. The summed E-state index contributed by atoms with van der Waals surface area (Å²) in [6.07, 6.45) is 1.68. The van der Waals surface area contributed by atoms with Crippen molar-refractivity contribution in [2.24, 2.45) is 0 Å². The van der Waals surface area contributed by atoms with Gasteiger partial charge in [0.1, 0.15) is 11.9 Å². The first kappa shape index (κ1) is 18.5. The predicted molar refractivity (Wildman–Crippen MR) is 97.6 cm³/mol. The number of sulfonamides is 1. The Morgan fingerprint density at radius 3 is 2.42 bits per heavy atom. The number of hydrogen-bond acceptors (Lipinski definition) is 3. The number of benzene rings is 2. The van der Waals surface area contributed by atoms with Crippen LogP contribution in [0.3, 0.4) is 0 Å². The second-order valence-corrected chi connectivity index (χ2v) is 8.46. The third kappa shape index (κ3) is 4.11. The molecule has 0 aromatic heterocycles. The number of carbonyl (C=O) groups is 1. The van der Waals surface area contributed by atoms with Gasteiger partial charge in [0.2, 0.25) is 15.9 Å². The molecule has 0 saturated heterocycles. The van der Waals surface area contributed by atoms with Gasteiger partial charge in [-0.25, -0.2) is 12.8 Å². The second-order valence-electron chi connectivity index (χ2n) is 6.68. The van der Waals surface area contributed by atoms with E-state index in [0.717, 1.165) is 6.26 Å². The van der Waals surface area contributed by atoms with Crippen LogP contribution in [0.4, 0.5) is 4.39 Å². The van der Waals surface area contributed by atoms with Gasteiger partial charge in [-0.15, -0.1) is 0 Å². The summed E-state index contributed by atoms with van der Waals surface area (Å²) in [5.41, 5.74) is 2.75. The largest absolute Gasteiger partial charge is 0.351 e. The number of carbonyl (C=O) groups excluding carboxylic acids is 1. The maximum atomic E-state index is 13.2. The molecule has 2 unspecified atom stereocenters. The zero-order chi connectivity index (χ0) is 18.9. The van der Waals surface area contributed by atoms with E-state index in [1.165, 1.54) is 35.4 Å². The van der Waals surface area contributed by atoms with Crippen molar-refractivity contribution in [3.63, 3.8) is 0 Å². The highest BCUT2D eigenvalue weighted by molar-refractivity contribution is 7.88. The molecule has 2 N–H and O–H groups in total. The van der Waals surface area contributed by atoms with Crippen LogP contribution >= 0.6 is 0 Å². The van der Waals surface area contributed by atoms with Gasteiger partial charge in [-0.1, -0.05) is 43.3 Å². The van der Waals surface area contributed by atoms with E-state index in [4.69, 9.17) is 0 Å². The molecule has 0 saturated carbocycles. The van der Waals surface area contributed by atoms with Gasteiger partial charge >= 0.3 is 0 Å².